The Labute approximate surface area is 158 Å². The van der Waals surface area contributed by atoms with Crippen LogP contribution < -0.4 is 5.32 Å². The van der Waals surface area contributed by atoms with Crippen LogP contribution in [0.3, 0.4) is 0 Å². The molecule has 1 saturated carbocycles. The summed E-state index contributed by atoms with van der Waals surface area (Å²) in [5, 5.41) is 2.49. The number of hydrogen-bond acceptors (Lipinski definition) is 3. The molecule has 0 atom stereocenters. The van der Waals surface area contributed by atoms with Gasteiger partial charge in [0.25, 0.3) is 0 Å². The van der Waals surface area contributed by atoms with Gasteiger partial charge in [-0.1, -0.05) is 61.4 Å². The molecule has 0 heterocycles. The highest BCUT2D eigenvalue weighted by Crippen LogP contribution is 2.44. The van der Waals surface area contributed by atoms with Crippen LogP contribution in [0.4, 0.5) is 4.79 Å². The van der Waals surface area contributed by atoms with Crippen molar-refractivity contribution in [2.45, 2.75) is 37.1 Å². The van der Waals surface area contributed by atoms with E-state index in [4.69, 9.17) is 4.74 Å². The molecule has 4 nitrogen and oxygen atoms in total. The molecule has 134 valence electrons. The van der Waals surface area contributed by atoms with Gasteiger partial charge in [0.1, 0.15) is 12.1 Å². The largest absolute Gasteiger partial charge is 0.449 e. The first-order valence-corrected chi connectivity index (χ1v) is 9.42. The van der Waals surface area contributed by atoms with Crippen LogP contribution in [-0.4, -0.2) is 23.4 Å². The summed E-state index contributed by atoms with van der Waals surface area (Å²) in [4.78, 5) is 24.3. The number of amides is 1. The number of alkyl carbamates (subject to hydrolysis) is 1. The van der Waals surface area contributed by atoms with Crippen molar-refractivity contribution < 1.29 is 14.3 Å². The third-order valence-electron chi connectivity index (χ3n) is 5.55. The maximum Gasteiger partial charge on any atom is 0.407 e. The van der Waals surface area contributed by atoms with Crippen molar-refractivity contribution in [3.8, 4) is 11.1 Å². The third kappa shape index (κ3) is 2.90. The maximum absolute atomic E-state index is 12.4. The first-order chi connectivity index (χ1) is 12.6. The van der Waals surface area contributed by atoms with E-state index in [1.165, 1.54) is 22.3 Å². The summed E-state index contributed by atoms with van der Waals surface area (Å²) in [7, 11) is 0. The zero-order valence-corrected chi connectivity index (χ0v) is 15.3. The second-order valence-corrected chi connectivity index (χ2v) is 7.45. The van der Waals surface area contributed by atoms with Gasteiger partial charge in [-0.15, -0.1) is 12.6 Å². The van der Waals surface area contributed by atoms with E-state index in [1.54, 1.807) is 0 Å². The van der Waals surface area contributed by atoms with E-state index < -0.39 is 11.6 Å². The molecule has 0 radical (unpaired) electrons. The van der Waals surface area contributed by atoms with Gasteiger partial charge in [0.05, 0.1) is 0 Å². The van der Waals surface area contributed by atoms with E-state index in [9.17, 15) is 9.59 Å². The molecule has 1 fully saturated rings. The van der Waals surface area contributed by atoms with Crippen LogP contribution in [0.2, 0.25) is 0 Å². The summed E-state index contributed by atoms with van der Waals surface area (Å²) in [6.07, 6.45) is 2.53. The van der Waals surface area contributed by atoms with E-state index in [2.05, 4.69) is 42.2 Å². The molecule has 4 rings (SSSR count). The number of rotatable bonds is 4. The smallest absolute Gasteiger partial charge is 0.407 e. The van der Waals surface area contributed by atoms with Crippen molar-refractivity contribution >= 4 is 23.8 Å². The van der Waals surface area contributed by atoms with Gasteiger partial charge >= 0.3 is 6.09 Å². The van der Waals surface area contributed by atoms with Gasteiger partial charge in [-0.25, -0.2) is 4.79 Å². The van der Waals surface area contributed by atoms with Crippen LogP contribution in [0, 0.1) is 0 Å². The molecule has 2 aromatic rings. The lowest BCUT2D eigenvalue weighted by atomic mass is 9.98. The van der Waals surface area contributed by atoms with E-state index >= 15 is 0 Å². The first kappa shape index (κ1) is 17.2. The summed E-state index contributed by atoms with van der Waals surface area (Å²) < 4.78 is 5.54. The van der Waals surface area contributed by atoms with E-state index in [1.807, 2.05) is 24.3 Å². The van der Waals surface area contributed by atoms with Crippen molar-refractivity contribution in [3.63, 3.8) is 0 Å². The highest BCUT2D eigenvalue weighted by Gasteiger charge is 2.41. The highest BCUT2D eigenvalue weighted by molar-refractivity contribution is 7.96. The van der Waals surface area contributed by atoms with Crippen LogP contribution >= 0.6 is 12.6 Å². The minimum Gasteiger partial charge on any atom is -0.449 e. The molecule has 2 aliphatic carbocycles. The van der Waals surface area contributed by atoms with Crippen LogP contribution in [-0.2, 0) is 9.53 Å². The fourth-order valence-electron chi connectivity index (χ4n) is 4.20. The molecule has 2 aromatic carbocycles. The van der Waals surface area contributed by atoms with Gasteiger partial charge in [0.15, 0.2) is 0 Å². The lowest BCUT2D eigenvalue weighted by Crippen LogP contribution is -2.51. The van der Waals surface area contributed by atoms with Crippen LogP contribution in [0.1, 0.15) is 42.7 Å². The topological polar surface area (TPSA) is 55.4 Å². The molecule has 0 saturated heterocycles. The SMILES string of the molecule is O=C(NC1(C(=O)S)CCCC1)OCC1c2ccccc2-c2ccccc21. The lowest BCUT2D eigenvalue weighted by Gasteiger charge is -2.26. The summed E-state index contributed by atoms with van der Waals surface area (Å²) in [6, 6.07) is 16.4. The van der Waals surface area contributed by atoms with Crippen molar-refractivity contribution in [2.75, 3.05) is 6.61 Å². The maximum atomic E-state index is 12.4. The van der Waals surface area contributed by atoms with E-state index in [0.29, 0.717) is 12.8 Å². The summed E-state index contributed by atoms with van der Waals surface area (Å²) in [6.45, 7) is 0.247. The Hall–Kier alpha value is -2.27. The van der Waals surface area contributed by atoms with E-state index in [-0.39, 0.29) is 17.6 Å². The zero-order valence-electron chi connectivity index (χ0n) is 14.4. The molecule has 26 heavy (non-hydrogen) atoms. The zero-order chi connectivity index (χ0) is 18.1. The molecule has 0 spiro atoms. The number of ether oxygens (including phenoxy) is 1. The minimum atomic E-state index is -0.869. The van der Waals surface area contributed by atoms with Crippen molar-refractivity contribution in [1.29, 1.82) is 0 Å². The van der Waals surface area contributed by atoms with E-state index in [0.717, 1.165) is 12.8 Å². The van der Waals surface area contributed by atoms with Gasteiger partial charge in [-0.2, -0.15) is 0 Å². The molecule has 2 aliphatic rings. The van der Waals surface area contributed by atoms with Crippen molar-refractivity contribution in [1.82, 2.24) is 5.32 Å². The summed E-state index contributed by atoms with van der Waals surface area (Å²) in [5.74, 6) is 0.0133. The number of hydrogen-bond donors (Lipinski definition) is 2. The van der Waals surface area contributed by atoms with Gasteiger partial charge in [0, 0.05) is 5.92 Å². The Morgan fingerprint density at radius 2 is 1.54 bits per heavy atom. The highest BCUT2D eigenvalue weighted by atomic mass is 32.1. The van der Waals surface area contributed by atoms with Crippen molar-refractivity contribution in [3.05, 3.63) is 59.7 Å². The summed E-state index contributed by atoms with van der Waals surface area (Å²) in [5.41, 5.74) is 3.85. The standard InChI is InChI=1S/C21H21NO3S/c23-19(26)21(11-5-6-12-21)22-20(24)25-13-18-16-9-3-1-7-14(16)15-8-2-4-10-17(15)18/h1-4,7-10,18H,5-6,11-13H2,(H,22,24)(H,23,26). The Morgan fingerprint density at radius 3 is 2.08 bits per heavy atom. The van der Waals surface area contributed by atoms with Crippen LogP contribution in [0.5, 0.6) is 0 Å². The van der Waals surface area contributed by atoms with Gasteiger partial charge in [0.2, 0.25) is 5.12 Å². The first-order valence-electron chi connectivity index (χ1n) is 8.97. The summed E-state index contributed by atoms with van der Waals surface area (Å²) >= 11 is 3.97. The number of thiol groups is 1. The fraction of sp³-hybridized carbons (Fsp3) is 0.333. The molecule has 0 bridgehead atoms. The molecular weight excluding hydrogens is 346 g/mol. The van der Waals surface area contributed by atoms with Crippen LogP contribution in [0.25, 0.3) is 11.1 Å². The predicted octanol–water partition coefficient (Wildman–Crippen LogP) is 4.29. The van der Waals surface area contributed by atoms with Crippen LogP contribution in [0.15, 0.2) is 48.5 Å². The third-order valence-corrected chi connectivity index (χ3v) is 5.98. The molecule has 5 heteroatoms. The number of carbonyl (C=O) groups excluding carboxylic acids is 2. The lowest BCUT2D eigenvalue weighted by molar-refractivity contribution is -0.116. The molecule has 0 aromatic heterocycles. The Kier molecular flexibility index (Phi) is 4.49. The second kappa shape index (κ2) is 6.80. The number of carbonyl (C=O) groups is 2. The second-order valence-electron chi connectivity index (χ2n) is 7.04. The van der Waals surface area contributed by atoms with Gasteiger partial charge in [-0.05, 0) is 35.1 Å². The monoisotopic (exact) mass is 367 g/mol. The Balaban J connectivity index is 1.50. The molecule has 0 aliphatic heterocycles. The molecule has 1 amide bonds. The molecule has 1 N–H and O–H groups in total. The Morgan fingerprint density at radius 1 is 1.00 bits per heavy atom. The predicted molar refractivity (Wildman–Crippen MR) is 103 cm³/mol. The number of fused-ring (bicyclic) bond motifs is 3. The minimum absolute atomic E-state index is 0.0133. The number of benzene rings is 2. The fourth-order valence-corrected chi connectivity index (χ4v) is 4.48. The van der Waals surface area contributed by atoms with Gasteiger partial charge < -0.3 is 10.1 Å². The van der Waals surface area contributed by atoms with Gasteiger partial charge in [-0.3, -0.25) is 4.79 Å². The molecular formula is C21H21NO3S. The number of nitrogens with one attached hydrogen (secondary N) is 1. The Bertz CT molecular complexity index is 812. The molecule has 0 unspecified atom stereocenters. The normalized spacial score (nSPS) is 17.4. The van der Waals surface area contributed by atoms with Crippen molar-refractivity contribution in [2.24, 2.45) is 0 Å². The quantitative estimate of drug-likeness (QED) is 0.793. The average molecular weight is 367 g/mol. The average Bonchev–Trinajstić information content (AvgIpc) is 3.24.